The first-order valence-electron chi connectivity index (χ1n) is 5.53. The second-order valence-electron chi connectivity index (χ2n) is 3.75. The smallest absolute Gasteiger partial charge is 0.119 e. The number of alkyl halides is 1. The number of hydrogen-bond acceptors (Lipinski definition) is 1. The number of hydrogen-bond donors (Lipinski definition) is 0. The summed E-state index contributed by atoms with van der Waals surface area (Å²) in [4.78, 5) is 0.670. The number of ether oxygens (including phenoxy) is 1. The minimum absolute atomic E-state index is 0.670. The van der Waals surface area contributed by atoms with Crippen molar-refractivity contribution in [3.63, 3.8) is 0 Å². The van der Waals surface area contributed by atoms with Crippen molar-refractivity contribution in [2.75, 3.05) is 7.11 Å². The highest BCUT2D eigenvalue weighted by Crippen LogP contribution is 2.17. The number of rotatable bonds is 6. The van der Waals surface area contributed by atoms with Gasteiger partial charge in [-0.15, -0.1) is 0 Å². The van der Waals surface area contributed by atoms with Gasteiger partial charge in [0.25, 0.3) is 0 Å². The second-order valence-corrected chi connectivity index (χ2v) is 5.04. The quantitative estimate of drug-likeness (QED) is 0.705. The van der Waals surface area contributed by atoms with Gasteiger partial charge in [0.05, 0.1) is 7.11 Å². The molecule has 0 radical (unpaired) electrons. The van der Waals surface area contributed by atoms with Crippen LogP contribution < -0.4 is 4.74 Å². The summed E-state index contributed by atoms with van der Waals surface area (Å²) in [5, 5.41) is 0. The fourth-order valence-corrected chi connectivity index (χ4v) is 1.88. The summed E-state index contributed by atoms with van der Waals surface area (Å²) in [7, 11) is 1.71. The molecule has 0 bridgehead atoms. The lowest BCUT2D eigenvalue weighted by Gasteiger charge is -2.07. The maximum absolute atomic E-state index is 5.19. The van der Waals surface area contributed by atoms with Gasteiger partial charge in [-0.1, -0.05) is 35.0 Å². The summed E-state index contributed by atoms with van der Waals surface area (Å²) in [6.45, 7) is 2.21. The van der Waals surface area contributed by atoms with Crippen LogP contribution in [0.1, 0.15) is 31.7 Å². The average Bonchev–Trinajstić information content (AvgIpc) is 2.29. The van der Waals surface area contributed by atoms with E-state index in [1.165, 1.54) is 24.8 Å². The number of aryl methyl sites for hydroxylation is 1. The molecule has 2 heteroatoms. The molecule has 0 fully saturated rings. The summed E-state index contributed by atoms with van der Waals surface area (Å²) >= 11 is 3.65. The summed E-state index contributed by atoms with van der Waals surface area (Å²) in [6, 6.07) is 8.33. The Morgan fingerprint density at radius 2 is 2.20 bits per heavy atom. The Kier molecular flexibility index (Phi) is 5.77. The maximum Gasteiger partial charge on any atom is 0.119 e. The van der Waals surface area contributed by atoms with E-state index >= 15 is 0 Å². The van der Waals surface area contributed by atoms with E-state index in [2.05, 4.69) is 41.1 Å². The van der Waals surface area contributed by atoms with E-state index in [4.69, 9.17) is 4.74 Å². The molecule has 0 spiro atoms. The van der Waals surface area contributed by atoms with Crippen molar-refractivity contribution >= 4 is 15.9 Å². The van der Waals surface area contributed by atoms with Crippen LogP contribution in [0, 0.1) is 0 Å². The normalized spacial score (nSPS) is 12.5. The van der Waals surface area contributed by atoms with E-state index in [1.54, 1.807) is 7.11 Å². The first-order chi connectivity index (χ1) is 7.26. The lowest BCUT2D eigenvalue weighted by Crippen LogP contribution is -1.96. The van der Waals surface area contributed by atoms with Crippen LogP contribution in [0.5, 0.6) is 5.75 Å². The molecular weight excluding hydrogens is 252 g/mol. The zero-order valence-corrected chi connectivity index (χ0v) is 11.1. The molecule has 0 saturated heterocycles. The molecule has 0 aliphatic rings. The second kappa shape index (κ2) is 6.89. The molecule has 0 aliphatic carbocycles. The molecule has 1 nitrogen and oxygen atoms in total. The summed E-state index contributed by atoms with van der Waals surface area (Å²) in [6.07, 6.45) is 4.82. The minimum Gasteiger partial charge on any atom is -0.497 e. The molecule has 1 atom stereocenters. The summed E-state index contributed by atoms with van der Waals surface area (Å²) < 4.78 is 5.19. The van der Waals surface area contributed by atoms with Gasteiger partial charge < -0.3 is 4.74 Å². The number of halogens is 1. The van der Waals surface area contributed by atoms with Crippen LogP contribution in [0.2, 0.25) is 0 Å². The predicted octanol–water partition coefficient (Wildman–Crippen LogP) is 4.19. The Morgan fingerprint density at radius 1 is 1.40 bits per heavy atom. The Labute approximate surface area is 101 Å². The molecule has 1 rings (SSSR count). The standard InChI is InChI=1S/C13H19BrO/c1-3-12(14)8-4-6-11-7-5-9-13(10-11)15-2/h5,7,9-10,12H,3-4,6,8H2,1-2H3. The van der Waals surface area contributed by atoms with Crippen LogP contribution in [-0.2, 0) is 6.42 Å². The molecule has 0 N–H and O–H groups in total. The topological polar surface area (TPSA) is 9.23 Å². The molecule has 1 unspecified atom stereocenters. The van der Waals surface area contributed by atoms with Gasteiger partial charge in [0.2, 0.25) is 0 Å². The van der Waals surface area contributed by atoms with Gasteiger partial charge in [-0.05, 0) is 43.4 Å². The lowest BCUT2D eigenvalue weighted by molar-refractivity contribution is 0.414. The zero-order chi connectivity index (χ0) is 11.1. The summed E-state index contributed by atoms with van der Waals surface area (Å²) in [5.41, 5.74) is 1.37. The lowest BCUT2D eigenvalue weighted by atomic mass is 10.1. The van der Waals surface area contributed by atoms with E-state index in [1.807, 2.05) is 6.07 Å². The van der Waals surface area contributed by atoms with Gasteiger partial charge in [-0.3, -0.25) is 0 Å². The Balaban J connectivity index is 2.37. The van der Waals surface area contributed by atoms with Crippen molar-refractivity contribution in [1.29, 1.82) is 0 Å². The molecule has 84 valence electrons. The predicted molar refractivity (Wildman–Crippen MR) is 68.9 cm³/mol. The molecule has 15 heavy (non-hydrogen) atoms. The highest BCUT2D eigenvalue weighted by molar-refractivity contribution is 9.09. The van der Waals surface area contributed by atoms with Crippen LogP contribution in [-0.4, -0.2) is 11.9 Å². The SMILES string of the molecule is CCC(Br)CCCc1cccc(OC)c1. The van der Waals surface area contributed by atoms with Gasteiger partial charge in [0.1, 0.15) is 5.75 Å². The van der Waals surface area contributed by atoms with Crippen LogP contribution in [0.15, 0.2) is 24.3 Å². The average molecular weight is 271 g/mol. The Hall–Kier alpha value is -0.500. The zero-order valence-electron chi connectivity index (χ0n) is 9.50. The van der Waals surface area contributed by atoms with Gasteiger partial charge in [0.15, 0.2) is 0 Å². The molecule has 0 aliphatic heterocycles. The van der Waals surface area contributed by atoms with Gasteiger partial charge in [0, 0.05) is 4.83 Å². The Bertz CT molecular complexity index is 286. The van der Waals surface area contributed by atoms with Crippen LogP contribution in [0.4, 0.5) is 0 Å². The largest absolute Gasteiger partial charge is 0.497 e. The van der Waals surface area contributed by atoms with E-state index in [-0.39, 0.29) is 0 Å². The van der Waals surface area contributed by atoms with Crippen molar-refractivity contribution in [2.24, 2.45) is 0 Å². The van der Waals surface area contributed by atoms with Crippen molar-refractivity contribution in [3.8, 4) is 5.75 Å². The van der Waals surface area contributed by atoms with Crippen LogP contribution in [0.25, 0.3) is 0 Å². The van der Waals surface area contributed by atoms with Crippen molar-refractivity contribution in [2.45, 2.75) is 37.4 Å². The molecule has 1 aromatic rings. The maximum atomic E-state index is 5.19. The molecular formula is C13H19BrO. The fourth-order valence-electron chi connectivity index (χ4n) is 1.56. The van der Waals surface area contributed by atoms with E-state index in [0.717, 1.165) is 12.2 Å². The fraction of sp³-hybridized carbons (Fsp3) is 0.538. The number of methoxy groups -OCH3 is 1. The third-order valence-corrected chi connectivity index (χ3v) is 3.67. The van der Waals surface area contributed by atoms with Crippen molar-refractivity contribution in [3.05, 3.63) is 29.8 Å². The van der Waals surface area contributed by atoms with Gasteiger partial charge in [-0.2, -0.15) is 0 Å². The third-order valence-electron chi connectivity index (χ3n) is 2.56. The first-order valence-corrected chi connectivity index (χ1v) is 6.44. The molecule has 1 aromatic carbocycles. The molecule has 0 saturated carbocycles. The first kappa shape index (κ1) is 12.6. The van der Waals surface area contributed by atoms with Gasteiger partial charge in [-0.25, -0.2) is 0 Å². The van der Waals surface area contributed by atoms with Crippen molar-refractivity contribution < 1.29 is 4.74 Å². The van der Waals surface area contributed by atoms with Crippen LogP contribution in [0.3, 0.4) is 0 Å². The number of benzene rings is 1. The highest BCUT2D eigenvalue weighted by Gasteiger charge is 2.01. The minimum atomic E-state index is 0.670. The molecule has 0 aromatic heterocycles. The highest BCUT2D eigenvalue weighted by atomic mass is 79.9. The van der Waals surface area contributed by atoms with Crippen molar-refractivity contribution in [1.82, 2.24) is 0 Å². The van der Waals surface area contributed by atoms with E-state index < -0.39 is 0 Å². The summed E-state index contributed by atoms with van der Waals surface area (Å²) in [5.74, 6) is 0.957. The van der Waals surface area contributed by atoms with E-state index in [0.29, 0.717) is 4.83 Å². The van der Waals surface area contributed by atoms with Gasteiger partial charge >= 0.3 is 0 Å². The monoisotopic (exact) mass is 270 g/mol. The molecule has 0 amide bonds. The molecule has 0 heterocycles. The third kappa shape index (κ3) is 4.70. The Morgan fingerprint density at radius 3 is 2.87 bits per heavy atom. The van der Waals surface area contributed by atoms with Crippen LogP contribution >= 0.6 is 15.9 Å². The van der Waals surface area contributed by atoms with E-state index in [9.17, 15) is 0 Å².